The van der Waals surface area contributed by atoms with Gasteiger partial charge in [0.25, 0.3) is 10.0 Å². The third-order valence-corrected chi connectivity index (χ3v) is 8.38. The van der Waals surface area contributed by atoms with Crippen molar-refractivity contribution in [2.45, 2.75) is 51.2 Å². The molecule has 3 rings (SSSR count). The van der Waals surface area contributed by atoms with E-state index in [4.69, 9.17) is 23.2 Å². The molecule has 0 bridgehead atoms. The zero-order valence-electron chi connectivity index (χ0n) is 21.7. The number of benzene rings is 3. The summed E-state index contributed by atoms with van der Waals surface area (Å²) in [4.78, 5) is 28.2. The summed E-state index contributed by atoms with van der Waals surface area (Å²) in [6.45, 7) is 6.46. The molecule has 10 heteroatoms. The topological polar surface area (TPSA) is 86.8 Å². The Balaban J connectivity index is 2.07. The van der Waals surface area contributed by atoms with Gasteiger partial charge in [-0.15, -0.1) is 0 Å². The quantitative estimate of drug-likeness (QED) is 0.348. The van der Waals surface area contributed by atoms with Gasteiger partial charge in [-0.1, -0.05) is 59.6 Å². The first-order chi connectivity index (χ1) is 17.9. The summed E-state index contributed by atoms with van der Waals surface area (Å²) in [6.07, 6.45) is 0. The molecule has 0 saturated heterocycles. The number of hydrogen-bond acceptors (Lipinski definition) is 4. The van der Waals surface area contributed by atoms with Gasteiger partial charge in [-0.25, -0.2) is 8.42 Å². The molecule has 0 aliphatic rings. The maximum atomic E-state index is 13.9. The summed E-state index contributed by atoms with van der Waals surface area (Å²) < 4.78 is 28.7. The van der Waals surface area contributed by atoms with Gasteiger partial charge in [-0.2, -0.15) is 0 Å². The van der Waals surface area contributed by atoms with E-state index < -0.39 is 28.5 Å². The molecule has 0 spiro atoms. The summed E-state index contributed by atoms with van der Waals surface area (Å²) in [6, 6.07) is 18.7. The number of amides is 2. The van der Waals surface area contributed by atoms with E-state index in [0.29, 0.717) is 21.2 Å². The lowest BCUT2D eigenvalue weighted by Crippen LogP contribution is -2.52. The second-order valence-corrected chi connectivity index (χ2v) is 11.9. The largest absolute Gasteiger partial charge is 0.352 e. The molecule has 0 aromatic heterocycles. The fourth-order valence-electron chi connectivity index (χ4n) is 3.92. The van der Waals surface area contributed by atoms with Crippen molar-refractivity contribution < 1.29 is 18.0 Å². The summed E-state index contributed by atoms with van der Waals surface area (Å²) in [5, 5.41) is 3.67. The van der Waals surface area contributed by atoms with Crippen LogP contribution in [0.15, 0.2) is 77.7 Å². The van der Waals surface area contributed by atoms with Gasteiger partial charge < -0.3 is 10.2 Å². The van der Waals surface area contributed by atoms with E-state index in [1.807, 2.05) is 13.8 Å². The van der Waals surface area contributed by atoms with Crippen LogP contribution in [-0.2, 0) is 26.2 Å². The first-order valence-electron chi connectivity index (χ1n) is 12.1. The summed E-state index contributed by atoms with van der Waals surface area (Å²) >= 11 is 12.5. The van der Waals surface area contributed by atoms with Crippen LogP contribution in [0.4, 0.5) is 5.69 Å². The number of halogens is 2. The van der Waals surface area contributed by atoms with Crippen molar-refractivity contribution in [3.05, 3.63) is 94.0 Å². The van der Waals surface area contributed by atoms with Gasteiger partial charge in [-0.3, -0.25) is 13.9 Å². The van der Waals surface area contributed by atoms with Crippen LogP contribution in [-0.4, -0.2) is 43.8 Å². The molecular formula is C28H31Cl2N3O4S. The predicted octanol–water partition coefficient (Wildman–Crippen LogP) is 5.44. The number of carbonyl (C=O) groups excluding carboxylic acids is 2. The Bertz CT molecular complexity index is 1400. The van der Waals surface area contributed by atoms with Gasteiger partial charge in [0.1, 0.15) is 12.6 Å². The lowest BCUT2D eigenvalue weighted by molar-refractivity contribution is -0.139. The van der Waals surface area contributed by atoms with Crippen molar-refractivity contribution in [1.29, 1.82) is 0 Å². The molecule has 0 heterocycles. The van der Waals surface area contributed by atoms with Crippen molar-refractivity contribution in [3.8, 4) is 0 Å². The van der Waals surface area contributed by atoms with E-state index in [1.54, 1.807) is 74.5 Å². The number of hydrogen-bond donors (Lipinski definition) is 1. The minimum absolute atomic E-state index is 0.0270. The minimum atomic E-state index is -4.16. The van der Waals surface area contributed by atoms with Gasteiger partial charge in [0, 0.05) is 22.6 Å². The van der Waals surface area contributed by atoms with Crippen LogP contribution in [0.1, 0.15) is 31.9 Å². The number of rotatable bonds is 10. The molecule has 0 aliphatic carbocycles. The summed E-state index contributed by atoms with van der Waals surface area (Å²) in [5.41, 5.74) is 1.48. The van der Waals surface area contributed by atoms with E-state index in [1.165, 1.54) is 17.0 Å². The fraction of sp³-hybridized carbons (Fsp3) is 0.286. The normalized spacial score (nSPS) is 12.2. The molecule has 2 amide bonds. The van der Waals surface area contributed by atoms with Crippen molar-refractivity contribution >= 4 is 50.7 Å². The van der Waals surface area contributed by atoms with Crippen LogP contribution >= 0.6 is 23.2 Å². The van der Waals surface area contributed by atoms with E-state index in [-0.39, 0.29) is 29.1 Å². The third-order valence-electron chi connectivity index (χ3n) is 5.96. The Hall–Kier alpha value is -3.07. The molecule has 3 aromatic carbocycles. The lowest BCUT2D eigenvalue weighted by Gasteiger charge is -2.32. The molecule has 38 heavy (non-hydrogen) atoms. The second kappa shape index (κ2) is 12.7. The zero-order chi connectivity index (χ0) is 28.0. The third kappa shape index (κ3) is 7.07. The number of sulfonamides is 1. The lowest BCUT2D eigenvalue weighted by atomic mass is 10.1. The van der Waals surface area contributed by atoms with Crippen LogP contribution in [0.3, 0.4) is 0 Å². The average molecular weight is 577 g/mol. The maximum absolute atomic E-state index is 13.9. The SMILES string of the molecule is Cc1c(Cl)cccc1N(CC(=O)N(Cc1cccc(Cl)c1)C(C)C(=O)NC(C)C)S(=O)(=O)c1ccccc1. The van der Waals surface area contributed by atoms with Crippen molar-refractivity contribution in [2.75, 3.05) is 10.8 Å². The Kier molecular flexibility index (Phi) is 9.82. The van der Waals surface area contributed by atoms with E-state index in [2.05, 4.69) is 5.32 Å². The average Bonchev–Trinajstić information content (AvgIpc) is 2.87. The highest BCUT2D eigenvalue weighted by atomic mass is 35.5. The highest BCUT2D eigenvalue weighted by molar-refractivity contribution is 7.92. The zero-order valence-corrected chi connectivity index (χ0v) is 24.0. The van der Waals surface area contributed by atoms with Crippen LogP contribution < -0.4 is 9.62 Å². The number of anilines is 1. The number of nitrogens with zero attached hydrogens (tertiary/aromatic N) is 2. The van der Waals surface area contributed by atoms with Crippen LogP contribution in [0, 0.1) is 6.92 Å². The molecule has 0 fully saturated rings. The van der Waals surface area contributed by atoms with Gasteiger partial charge in [0.15, 0.2) is 0 Å². The molecule has 0 saturated carbocycles. The molecule has 1 atom stereocenters. The molecule has 3 aromatic rings. The van der Waals surface area contributed by atoms with Crippen molar-refractivity contribution in [1.82, 2.24) is 10.2 Å². The van der Waals surface area contributed by atoms with E-state index in [9.17, 15) is 18.0 Å². The highest BCUT2D eigenvalue weighted by Gasteiger charge is 2.33. The Morgan fingerprint density at radius 3 is 2.21 bits per heavy atom. The Morgan fingerprint density at radius 2 is 1.58 bits per heavy atom. The molecule has 0 radical (unpaired) electrons. The molecule has 1 unspecified atom stereocenters. The molecule has 202 valence electrons. The molecular weight excluding hydrogens is 545 g/mol. The first-order valence-corrected chi connectivity index (χ1v) is 14.3. The van der Waals surface area contributed by atoms with Gasteiger partial charge >= 0.3 is 0 Å². The molecule has 1 N–H and O–H groups in total. The van der Waals surface area contributed by atoms with E-state index in [0.717, 1.165) is 4.31 Å². The smallest absolute Gasteiger partial charge is 0.264 e. The van der Waals surface area contributed by atoms with Crippen molar-refractivity contribution in [2.24, 2.45) is 0 Å². The molecule has 0 aliphatic heterocycles. The van der Waals surface area contributed by atoms with Gasteiger partial charge in [-0.05, 0) is 75.2 Å². The number of carbonyl (C=O) groups is 2. The maximum Gasteiger partial charge on any atom is 0.264 e. The van der Waals surface area contributed by atoms with Crippen molar-refractivity contribution in [3.63, 3.8) is 0 Å². The number of nitrogens with one attached hydrogen (secondary N) is 1. The van der Waals surface area contributed by atoms with Crippen LogP contribution in [0.5, 0.6) is 0 Å². The molecule has 7 nitrogen and oxygen atoms in total. The Morgan fingerprint density at radius 1 is 0.921 bits per heavy atom. The second-order valence-electron chi connectivity index (χ2n) is 9.20. The summed E-state index contributed by atoms with van der Waals surface area (Å²) in [5.74, 6) is -0.915. The van der Waals surface area contributed by atoms with Crippen LogP contribution in [0.2, 0.25) is 10.0 Å². The first kappa shape index (κ1) is 29.5. The van der Waals surface area contributed by atoms with E-state index >= 15 is 0 Å². The standard InChI is InChI=1S/C28H31Cl2N3O4S/c1-19(2)31-28(35)21(4)32(17-22-10-8-11-23(29)16-22)27(34)18-33(26-15-9-14-25(30)20(26)3)38(36,37)24-12-6-5-7-13-24/h5-16,19,21H,17-18H2,1-4H3,(H,31,35). The van der Waals surface area contributed by atoms with Crippen LogP contribution in [0.25, 0.3) is 0 Å². The summed E-state index contributed by atoms with van der Waals surface area (Å²) in [7, 11) is -4.16. The Labute approximate surface area is 234 Å². The predicted molar refractivity (Wildman–Crippen MR) is 152 cm³/mol. The van der Waals surface area contributed by atoms with Gasteiger partial charge in [0.2, 0.25) is 11.8 Å². The monoisotopic (exact) mass is 575 g/mol. The highest BCUT2D eigenvalue weighted by Crippen LogP contribution is 2.31. The minimum Gasteiger partial charge on any atom is -0.352 e. The van der Waals surface area contributed by atoms with Gasteiger partial charge in [0.05, 0.1) is 10.6 Å². The fourth-order valence-corrected chi connectivity index (χ4v) is 5.79.